The first-order valence-corrected chi connectivity index (χ1v) is 8.26. The van der Waals surface area contributed by atoms with E-state index in [1.165, 1.54) is 28.6 Å². The molecule has 3 rings (SSSR count). The molecule has 0 aliphatic heterocycles. The van der Waals surface area contributed by atoms with Gasteiger partial charge in [-0.25, -0.2) is 4.68 Å². The third-order valence-corrected chi connectivity index (χ3v) is 3.92. The van der Waals surface area contributed by atoms with E-state index >= 15 is 0 Å². The van der Waals surface area contributed by atoms with Crippen LogP contribution in [0.4, 0.5) is 11.4 Å². The zero-order valence-electron chi connectivity index (χ0n) is 14.3. The highest BCUT2D eigenvalue weighted by molar-refractivity contribution is 6.04. The summed E-state index contributed by atoms with van der Waals surface area (Å²) in [6.45, 7) is 2.12. The van der Waals surface area contributed by atoms with E-state index in [9.17, 15) is 14.9 Å². The molecule has 0 saturated heterocycles. The van der Waals surface area contributed by atoms with Gasteiger partial charge < -0.3 is 5.32 Å². The summed E-state index contributed by atoms with van der Waals surface area (Å²) >= 11 is 0. The van der Waals surface area contributed by atoms with Crippen molar-refractivity contribution in [3.8, 4) is 5.69 Å². The summed E-state index contributed by atoms with van der Waals surface area (Å²) in [5, 5.41) is 17.7. The van der Waals surface area contributed by atoms with Crippen LogP contribution in [0.15, 0.2) is 60.9 Å². The zero-order chi connectivity index (χ0) is 18.5. The van der Waals surface area contributed by atoms with Gasteiger partial charge in [-0.3, -0.25) is 14.9 Å². The van der Waals surface area contributed by atoms with Crippen LogP contribution in [-0.4, -0.2) is 20.6 Å². The number of nitro groups is 1. The van der Waals surface area contributed by atoms with Gasteiger partial charge in [-0.05, 0) is 36.2 Å². The van der Waals surface area contributed by atoms with E-state index in [2.05, 4.69) is 17.3 Å². The number of non-ortho nitro benzene ring substituents is 1. The average molecular weight is 350 g/mol. The van der Waals surface area contributed by atoms with Crippen LogP contribution in [0.1, 0.15) is 29.3 Å². The van der Waals surface area contributed by atoms with Crippen molar-refractivity contribution in [3.05, 3.63) is 82.2 Å². The number of carbonyl (C=O) groups excluding carboxylic acids is 1. The van der Waals surface area contributed by atoms with Crippen LogP contribution in [-0.2, 0) is 6.42 Å². The summed E-state index contributed by atoms with van der Waals surface area (Å²) in [4.78, 5) is 22.6. The number of amides is 1. The monoisotopic (exact) mass is 350 g/mol. The van der Waals surface area contributed by atoms with Crippen molar-refractivity contribution in [1.29, 1.82) is 0 Å². The Morgan fingerprint density at radius 2 is 1.85 bits per heavy atom. The van der Waals surface area contributed by atoms with E-state index in [0.717, 1.165) is 18.5 Å². The second-order valence-corrected chi connectivity index (χ2v) is 5.85. The first-order chi connectivity index (χ1) is 12.6. The minimum atomic E-state index is -0.461. The molecule has 0 aliphatic rings. The third-order valence-electron chi connectivity index (χ3n) is 3.92. The Labute approximate surface area is 150 Å². The number of nitro benzene ring substituents is 1. The van der Waals surface area contributed by atoms with E-state index in [1.54, 1.807) is 18.3 Å². The highest BCUT2D eigenvalue weighted by Gasteiger charge is 2.11. The lowest BCUT2D eigenvalue weighted by Crippen LogP contribution is -2.11. The van der Waals surface area contributed by atoms with Crippen molar-refractivity contribution in [2.45, 2.75) is 19.8 Å². The molecule has 2 aromatic carbocycles. The number of carbonyl (C=O) groups is 1. The molecule has 0 fully saturated rings. The SMILES string of the molecule is CCCc1ccc(NC(=O)c2cnn(-c3ccc([N+](=O)[O-])cc3)c2)cc1. The largest absolute Gasteiger partial charge is 0.322 e. The maximum Gasteiger partial charge on any atom is 0.269 e. The number of hydrogen-bond acceptors (Lipinski definition) is 4. The number of nitrogens with zero attached hydrogens (tertiary/aromatic N) is 3. The smallest absolute Gasteiger partial charge is 0.269 e. The molecule has 7 nitrogen and oxygen atoms in total. The molecule has 1 aromatic heterocycles. The van der Waals surface area contributed by atoms with Crippen LogP contribution >= 0.6 is 0 Å². The van der Waals surface area contributed by atoms with Crippen LogP contribution in [0.5, 0.6) is 0 Å². The fourth-order valence-electron chi connectivity index (χ4n) is 2.56. The molecule has 0 unspecified atom stereocenters. The summed E-state index contributed by atoms with van der Waals surface area (Å²) in [6.07, 6.45) is 5.13. The summed E-state index contributed by atoms with van der Waals surface area (Å²) < 4.78 is 1.50. The zero-order valence-corrected chi connectivity index (χ0v) is 14.3. The molecular formula is C19H18N4O3. The molecule has 7 heteroatoms. The minimum absolute atomic E-state index is 0.00499. The fraction of sp³-hybridized carbons (Fsp3) is 0.158. The molecule has 0 aliphatic carbocycles. The van der Waals surface area contributed by atoms with Gasteiger partial charge in [0.1, 0.15) is 0 Å². The highest BCUT2D eigenvalue weighted by Crippen LogP contribution is 2.16. The van der Waals surface area contributed by atoms with Gasteiger partial charge in [-0.15, -0.1) is 0 Å². The molecule has 1 N–H and O–H groups in total. The second kappa shape index (κ2) is 7.60. The predicted octanol–water partition coefficient (Wildman–Crippen LogP) is 3.99. The normalized spacial score (nSPS) is 10.5. The van der Waals surface area contributed by atoms with Gasteiger partial charge in [0.05, 0.1) is 22.4 Å². The quantitative estimate of drug-likeness (QED) is 0.538. The predicted molar refractivity (Wildman–Crippen MR) is 98.6 cm³/mol. The number of benzene rings is 2. The number of hydrogen-bond donors (Lipinski definition) is 1. The fourth-order valence-corrected chi connectivity index (χ4v) is 2.56. The summed E-state index contributed by atoms with van der Waals surface area (Å²) in [7, 11) is 0. The Kier molecular flexibility index (Phi) is 5.07. The molecule has 0 saturated carbocycles. The number of aromatic nitrogens is 2. The van der Waals surface area contributed by atoms with E-state index in [4.69, 9.17) is 0 Å². The van der Waals surface area contributed by atoms with Gasteiger partial charge in [-0.1, -0.05) is 25.5 Å². The number of rotatable bonds is 6. The first-order valence-electron chi connectivity index (χ1n) is 8.26. The van der Waals surface area contributed by atoms with Crippen molar-refractivity contribution >= 4 is 17.3 Å². The van der Waals surface area contributed by atoms with Crippen LogP contribution in [0.3, 0.4) is 0 Å². The van der Waals surface area contributed by atoms with Gasteiger partial charge in [0.25, 0.3) is 11.6 Å². The lowest BCUT2D eigenvalue weighted by atomic mass is 10.1. The molecule has 132 valence electrons. The molecule has 0 atom stereocenters. The number of nitrogens with one attached hydrogen (secondary N) is 1. The van der Waals surface area contributed by atoms with E-state index in [-0.39, 0.29) is 11.6 Å². The van der Waals surface area contributed by atoms with Crippen LogP contribution < -0.4 is 5.32 Å². The van der Waals surface area contributed by atoms with E-state index < -0.39 is 4.92 Å². The standard InChI is InChI=1S/C19H18N4O3/c1-2-3-14-4-6-16(7-5-14)21-19(24)15-12-20-22(13-15)17-8-10-18(11-9-17)23(25)26/h4-13H,2-3H2,1H3,(H,21,24). The van der Waals surface area contributed by atoms with Gasteiger partial charge in [-0.2, -0.15) is 5.10 Å². The van der Waals surface area contributed by atoms with Crippen LogP contribution in [0, 0.1) is 10.1 Å². The van der Waals surface area contributed by atoms with Crippen LogP contribution in [0.25, 0.3) is 5.69 Å². The van der Waals surface area contributed by atoms with Crippen molar-refractivity contribution in [3.63, 3.8) is 0 Å². The number of aryl methyl sites for hydroxylation is 1. The molecule has 0 radical (unpaired) electrons. The Hall–Kier alpha value is -3.48. The number of anilines is 1. The van der Waals surface area contributed by atoms with E-state index in [0.29, 0.717) is 11.3 Å². The van der Waals surface area contributed by atoms with Crippen molar-refractivity contribution < 1.29 is 9.72 Å². The van der Waals surface area contributed by atoms with Gasteiger partial charge in [0.15, 0.2) is 0 Å². The topological polar surface area (TPSA) is 90.1 Å². The molecule has 0 bridgehead atoms. The average Bonchev–Trinajstić information content (AvgIpc) is 3.14. The lowest BCUT2D eigenvalue weighted by Gasteiger charge is -2.05. The molecule has 3 aromatic rings. The van der Waals surface area contributed by atoms with Gasteiger partial charge >= 0.3 is 0 Å². The summed E-state index contributed by atoms with van der Waals surface area (Å²) in [5.74, 6) is -0.263. The molecule has 26 heavy (non-hydrogen) atoms. The van der Waals surface area contributed by atoms with Crippen molar-refractivity contribution in [2.24, 2.45) is 0 Å². The maximum atomic E-state index is 12.4. The summed E-state index contributed by atoms with van der Waals surface area (Å²) in [6, 6.07) is 13.7. The van der Waals surface area contributed by atoms with Crippen molar-refractivity contribution in [2.75, 3.05) is 5.32 Å². The summed E-state index contributed by atoms with van der Waals surface area (Å²) in [5.41, 5.74) is 3.00. The molecule has 1 amide bonds. The van der Waals surface area contributed by atoms with Gasteiger partial charge in [0.2, 0.25) is 0 Å². The Bertz CT molecular complexity index is 915. The second-order valence-electron chi connectivity index (χ2n) is 5.85. The Morgan fingerprint density at radius 3 is 2.46 bits per heavy atom. The Morgan fingerprint density at radius 1 is 1.15 bits per heavy atom. The Balaban J connectivity index is 1.70. The third kappa shape index (κ3) is 3.94. The maximum absolute atomic E-state index is 12.4. The lowest BCUT2D eigenvalue weighted by molar-refractivity contribution is -0.384. The van der Waals surface area contributed by atoms with Crippen LogP contribution in [0.2, 0.25) is 0 Å². The minimum Gasteiger partial charge on any atom is -0.322 e. The molecule has 0 spiro atoms. The molecular weight excluding hydrogens is 332 g/mol. The first kappa shape index (κ1) is 17.3. The van der Waals surface area contributed by atoms with E-state index in [1.807, 2.05) is 24.3 Å². The highest BCUT2D eigenvalue weighted by atomic mass is 16.6. The van der Waals surface area contributed by atoms with Crippen molar-refractivity contribution in [1.82, 2.24) is 9.78 Å². The molecule has 1 heterocycles. The van der Waals surface area contributed by atoms with Gasteiger partial charge in [0, 0.05) is 24.0 Å².